The van der Waals surface area contributed by atoms with Crippen molar-refractivity contribution in [2.24, 2.45) is 0 Å². The van der Waals surface area contributed by atoms with Crippen molar-refractivity contribution in [1.82, 2.24) is 0 Å². The SMILES string of the molecule is CC(OP(=O)([O-])C1CCCCC1F)C(F)(F)F. The van der Waals surface area contributed by atoms with Crippen molar-refractivity contribution in [3.05, 3.63) is 0 Å². The van der Waals surface area contributed by atoms with Crippen LogP contribution in [0.1, 0.15) is 32.6 Å². The second-order valence-electron chi connectivity index (χ2n) is 4.20. The number of alkyl halides is 4. The van der Waals surface area contributed by atoms with E-state index in [-0.39, 0.29) is 12.8 Å². The first kappa shape index (κ1) is 14.9. The third-order valence-corrected chi connectivity index (χ3v) is 4.82. The van der Waals surface area contributed by atoms with Crippen molar-refractivity contribution < 1.29 is 31.5 Å². The predicted molar refractivity (Wildman–Crippen MR) is 51.4 cm³/mol. The largest absolute Gasteiger partial charge is 0.778 e. The highest BCUT2D eigenvalue weighted by Crippen LogP contribution is 2.52. The highest BCUT2D eigenvalue weighted by Gasteiger charge is 2.42. The molecule has 1 fully saturated rings. The topological polar surface area (TPSA) is 49.4 Å². The van der Waals surface area contributed by atoms with Gasteiger partial charge in [0.1, 0.15) is 13.8 Å². The zero-order chi connectivity index (χ0) is 13.3. The van der Waals surface area contributed by atoms with Crippen LogP contribution in [0, 0.1) is 0 Å². The minimum Gasteiger partial charge on any atom is -0.778 e. The lowest BCUT2D eigenvalue weighted by Crippen LogP contribution is -2.36. The van der Waals surface area contributed by atoms with Crippen LogP contribution in [-0.4, -0.2) is 24.1 Å². The van der Waals surface area contributed by atoms with E-state index in [0.29, 0.717) is 19.8 Å². The number of hydrogen-bond acceptors (Lipinski definition) is 3. The quantitative estimate of drug-likeness (QED) is 0.588. The summed E-state index contributed by atoms with van der Waals surface area (Å²) in [5.74, 6) is 0. The van der Waals surface area contributed by atoms with Crippen molar-refractivity contribution in [2.75, 3.05) is 0 Å². The summed E-state index contributed by atoms with van der Waals surface area (Å²) in [6.45, 7) is 0.598. The normalized spacial score (nSPS) is 31.9. The molecule has 0 spiro atoms. The van der Waals surface area contributed by atoms with Crippen LogP contribution in [0.4, 0.5) is 17.6 Å². The first-order valence-corrected chi connectivity index (χ1v) is 6.95. The van der Waals surface area contributed by atoms with Crippen LogP contribution in [0.5, 0.6) is 0 Å². The van der Waals surface area contributed by atoms with E-state index >= 15 is 0 Å². The van der Waals surface area contributed by atoms with Gasteiger partial charge in [0.2, 0.25) is 0 Å². The lowest BCUT2D eigenvalue weighted by atomic mass is 9.98. The van der Waals surface area contributed by atoms with Gasteiger partial charge in [-0.1, -0.05) is 12.8 Å². The molecule has 1 saturated carbocycles. The molecule has 1 aliphatic rings. The van der Waals surface area contributed by atoms with Gasteiger partial charge in [-0.15, -0.1) is 0 Å². The van der Waals surface area contributed by atoms with E-state index in [9.17, 15) is 27.0 Å². The van der Waals surface area contributed by atoms with Gasteiger partial charge in [0.15, 0.2) is 6.10 Å². The minimum absolute atomic E-state index is 0.0204. The fourth-order valence-electron chi connectivity index (χ4n) is 1.78. The zero-order valence-electron chi connectivity index (χ0n) is 9.24. The van der Waals surface area contributed by atoms with Gasteiger partial charge in [-0.3, -0.25) is 0 Å². The lowest BCUT2D eigenvalue weighted by Gasteiger charge is -2.38. The van der Waals surface area contributed by atoms with Crippen molar-refractivity contribution in [2.45, 2.75) is 56.7 Å². The third kappa shape index (κ3) is 3.93. The van der Waals surface area contributed by atoms with Crippen molar-refractivity contribution >= 4 is 7.60 Å². The maximum atomic E-state index is 13.4. The summed E-state index contributed by atoms with van der Waals surface area (Å²) in [5.41, 5.74) is -1.44. The third-order valence-electron chi connectivity index (χ3n) is 2.82. The number of rotatable bonds is 3. The van der Waals surface area contributed by atoms with Gasteiger partial charge in [-0.25, -0.2) is 4.39 Å². The second-order valence-corrected chi connectivity index (χ2v) is 6.15. The molecule has 0 aromatic rings. The second kappa shape index (κ2) is 5.24. The Hall–Kier alpha value is -0.130. The van der Waals surface area contributed by atoms with E-state index in [1.807, 2.05) is 0 Å². The van der Waals surface area contributed by atoms with Gasteiger partial charge in [0.25, 0.3) is 0 Å². The molecule has 1 aliphatic carbocycles. The van der Waals surface area contributed by atoms with Gasteiger partial charge in [-0.05, 0) is 19.8 Å². The number of hydrogen-bond donors (Lipinski definition) is 0. The summed E-state index contributed by atoms with van der Waals surface area (Å²) < 4.78 is 65.4. The van der Waals surface area contributed by atoms with Crippen LogP contribution >= 0.6 is 7.60 Å². The molecule has 4 atom stereocenters. The Balaban J connectivity index is 2.70. The lowest BCUT2D eigenvalue weighted by molar-refractivity contribution is -0.238. The molecule has 17 heavy (non-hydrogen) atoms. The fourth-order valence-corrected chi connectivity index (χ4v) is 3.54. The highest BCUT2D eigenvalue weighted by atomic mass is 31.2. The molecule has 4 unspecified atom stereocenters. The first-order valence-electron chi connectivity index (χ1n) is 5.34. The fraction of sp³-hybridized carbons (Fsp3) is 1.00. The molecule has 0 heterocycles. The Kier molecular flexibility index (Phi) is 4.60. The molecule has 0 amide bonds. The van der Waals surface area contributed by atoms with Gasteiger partial charge < -0.3 is 14.0 Å². The molecule has 3 nitrogen and oxygen atoms in total. The molecule has 0 bridgehead atoms. The maximum Gasteiger partial charge on any atom is 0.414 e. The van der Waals surface area contributed by atoms with E-state index < -0.39 is 31.7 Å². The summed E-state index contributed by atoms with van der Waals surface area (Å²) in [4.78, 5) is 11.5. The maximum absolute atomic E-state index is 13.4. The molecular formula is C9H14F4O3P-. The van der Waals surface area contributed by atoms with Gasteiger partial charge in [-0.2, -0.15) is 13.2 Å². The molecule has 0 N–H and O–H groups in total. The first-order chi connectivity index (χ1) is 7.64. The standard InChI is InChI=1S/C9H15F4O3P/c1-6(9(11,12)13)16-17(14,15)8-5-3-2-4-7(8)10/h6-8H,2-5H2,1H3,(H,14,15)/p-1. The molecule has 8 heteroatoms. The Labute approximate surface area is 96.7 Å². The number of halogens is 4. The van der Waals surface area contributed by atoms with Crippen molar-refractivity contribution in [3.63, 3.8) is 0 Å². The molecule has 0 saturated heterocycles. The smallest absolute Gasteiger partial charge is 0.414 e. The summed E-state index contributed by atoms with van der Waals surface area (Å²) in [6.07, 6.45) is -7.71. The molecule has 102 valence electrons. The van der Waals surface area contributed by atoms with E-state index in [1.54, 1.807) is 0 Å². The van der Waals surface area contributed by atoms with Crippen LogP contribution in [0.2, 0.25) is 0 Å². The Morgan fingerprint density at radius 1 is 1.35 bits per heavy atom. The molecular weight excluding hydrogens is 263 g/mol. The van der Waals surface area contributed by atoms with Gasteiger partial charge >= 0.3 is 6.18 Å². The minimum atomic E-state index is -4.82. The average Bonchev–Trinajstić information content (AvgIpc) is 2.15. The summed E-state index contributed by atoms with van der Waals surface area (Å²) in [6, 6.07) is 0. The van der Waals surface area contributed by atoms with Crippen LogP contribution in [0.25, 0.3) is 0 Å². The summed E-state index contributed by atoms with van der Waals surface area (Å²) in [5, 5.41) is 0. The van der Waals surface area contributed by atoms with Gasteiger partial charge in [0.05, 0.1) is 5.66 Å². The van der Waals surface area contributed by atoms with Crippen LogP contribution in [-0.2, 0) is 9.09 Å². The van der Waals surface area contributed by atoms with E-state index in [2.05, 4.69) is 4.52 Å². The van der Waals surface area contributed by atoms with Crippen LogP contribution < -0.4 is 4.89 Å². The van der Waals surface area contributed by atoms with Crippen molar-refractivity contribution in [3.8, 4) is 0 Å². The highest BCUT2D eigenvalue weighted by molar-refractivity contribution is 7.52. The summed E-state index contributed by atoms with van der Waals surface area (Å²) in [7, 11) is -4.82. The van der Waals surface area contributed by atoms with Crippen molar-refractivity contribution in [1.29, 1.82) is 0 Å². The van der Waals surface area contributed by atoms with Gasteiger partial charge in [0, 0.05) is 0 Å². The van der Waals surface area contributed by atoms with Crippen LogP contribution in [0.3, 0.4) is 0 Å². The van der Waals surface area contributed by atoms with E-state index in [0.717, 1.165) is 0 Å². The predicted octanol–water partition coefficient (Wildman–Crippen LogP) is 2.79. The Morgan fingerprint density at radius 3 is 2.35 bits per heavy atom. The van der Waals surface area contributed by atoms with E-state index in [4.69, 9.17) is 0 Å². The molecule has 0 radical (unpaired) electrons. The Bertz CT molecular complexity index is 307. The molecule has 0 aromatic carbocycles. The molecule has 0 aromatic heterocycles. The monoisotopic (exact) mass is 277 g/mol. The Morgan fingerprint density at radius 2 is 1.88 bits per heavy atom. The van der Waals surface area contributed by atoms with Crippen LogP contribution in [0.15, 0.2) is 0 Å². The molecule has 0 aliphatic heterocycles. The molecule has 1 rings (SSSR count). The average molecular weight is 277 g/mol. The zero-order valence-corrected chi connectivity index (χ0v) is 10.1. The summed E-state index contributed by atoms with van der Waals surface area (Å²) >= 11 is 0. The van der Waals surface area contributed by atoms with E-state index in [1.165, 1.54) is 0 Å².